The van der Waals surface area contributed by atoms with Crippen molar-refractivity contribution in [1.29, 1.82) is 0 Å². The molecule has 0 bridgehead atoms. The fourth-order valence-electron chi connectivity index (χ4n) is 3.20. The van der Waals surface area contributed by atoms with E-state index in [0.717, 1.165) is 0 Å². The third-order valence-corrected chi connectivity index (χ3v) is 5.70. The van der Waals surface area contributed by atoms with Crippen molar-refractivity contribution in [2.45, 2.75) is 6.92 Å². The Hall–Kier alpha value is -3.59. The number of carbonyl (C=O) groups is 1. The van der Waals surface area contributed by atoms with Gasteiger partial charge in [0.25, 0.3) is 5.56 Å². The number of phenols is 1. The summed E-state index contributed by atoms with van der Waals surface area (Å²) in [5, 5.41) is 18.3. The van der Waals surface area contributed by atoms with Crippen molar-refractivity contribution in [2.75, 3.05) is 10.7 Å². The molecule has 0 radical (unpaired) electrons. The van der Waals surface area contributed by atoms with Crippen molar-refractivity contribution in [3.05, 3.63) is 76.2 Å². The van der Waals surface area contributed by atoms with Crippen LogP contribution in [0.25, 0.3) is 5.69 Å². The molecule has 0 spiro atoms. The van der Waals surface area contributed by atoms with Crippen LogP contribution in [0.4, 0.5) is 5.69 Å². The quantitative estimate of drug-likeness (QED) is 0.518. The fraction of sp³-hybridized carbons (Fsp3) is 0.143. The number of benzene rings is 2. The summed E-state index contributed by atoms with van der Waals surface area (Å²) in [7, 11) is 1.77. The molecule has 8 nitrogen and oxygen atoms in total. The second-order valence-electron chi connectivity index (χ2n) is 6.61. The highest BCUT2D eigenvalue weighted by Gasteiger charge is 2.35. The van der Waals surface area contributed by atoms with E-state index in [1.165, 1.54) is 27.6 Å². The third kappa shape index (κ3) is 3.43. The number of nitrogens with zero attached hydrogens (tertiary/aromatic N) is 5. The molecule has 1 aromatic heterocycles. The summed E-state index contributed by atoms with van der Waals surface area (Å²) in [4.78, 5) is 27.2. The largest absolute Gasteiger partial charge is 0.507 e. The van der Waals surface area contributed by atoms with Gasteiger partial charge in [0.15, 0.2) is 5.17 Å². The van der Waals surface area contributed by atoms with Gasteiger partial charge in [-0.1, -0.05) is 42.1 Å². The van der Waals surface area contributed by atoms with E-state index < -0.39 is 0 Å². The first-order chi connectivity index (χ1) is 14.5. The molecule has 152 valence electrons. The number of aromatic nitrogens is 2. The first-order valence-electron chi connectivity index (χ1n) is 9.18. The second kappa shape index (κ2) is 8.03. The maximum Gasteiger partial charge on any atom is 0.296 e. The average Bonchev–Trinajstić information content (AvgIpc) is 3.20. The second-order valence-corrected chi connectivity index (χ2v) is 7.56. The zero-order valence-electron chi connectivity index (χ0n) is 16.4. The number of phenolic OH excluding ortho intramolecular Hbond substituents is 1. The molecule has 3 aromatic rings. The molecule has 0 atom stereocenters. The summed E-state index contributed by atoms with van der Waals surface area (Å²) in [5.74, 6) is 0.0185. The monoisotopic (exact) mass is 421 g/mol. The number of aromatic hydroxyl groups is 1. The molecule has 1 aliphatic heterocycles. The van der Waals surface area contributed by atoms with E-state index in [2.05, 4.69) is 10.2 Å². The molecule has 0 aliphatic carbocycles. The van der Waals surface area contributed by atoms with Gasteiger partial charge in [-0.3, -0.25) is 14.3 Å². The van der Waals surface area contributed by atoms with Gasteiger partial charge in [-0.25, -0.2) is 9.58 Å². The molecule has 2 aromatic carbocycles. The Labute approximate surface area is 176 Å². The minimum atomic E-state index is -0.311. The highest BCUT2D eigenvalue weighted by Crippen LogP contribution is 2.28. The summed E-state index contributed by atoms with van der Waals surface area (Å²) < 4.78 is 3.23. The summed E-state index contributed by atoms with van der Waals surface area (Å²) >= 11 is 1.21. The molecule has 1 fully saturated rings. The number of rotatable bonds is 4. The number of hydrogen-bond acceptors (Lipinski definition) is 6. The van der Waals surface area contributed by atoms with E-state index in [0.29, 0.717) is 22.1 Å². The van der Waals surface area contributed by atoms with E-state index in [4.69, 9.17) is 0 Å². The van der Waals surface area contributed by atoms with Crippen LogP contribution >= 0.6 is 11.8 Å². The zero-order valence-corrected chi connectivity index (χ0v) is 17.2. The van der Waals surface area contributed by atoms with E-state index >= 15 is 0 Å². The number of para-hydroxylation sites is 2. The predicted molar refractivity (Wildman–Crippen MR) is 119 cm³/mol. The van der Waals surface area contributed by atoms with Gasteiger partial charge in [-0.2, -0.15) is 5.10 Å². The van der Waals surface area contributed by atoms with E-state index in [9.17, 15) is 14.7 Å². The molecular weight excluding hydrogens is 402 g/mol. The van der Waals surface area contributed by atoms with Crippen molar-refractivity contribution < 1.29 is 9.90 Å². The number of thioether (sulfide) groups is 1. The van der Waals surface area contributed by atoms with Crippen LogP contribution in [0.5, 0.6) is 5.75 Å². The lowest BCUT2D eigenvalue weighted by Gasteiger charge is -2.13. The summed E-state index contributed by atoms with van der Waals surface area (Å²) in [6.07, 6.45) is 1.41. The summed E-state index contributed by atoms with van der Waals surface area (Å²) in [6.45, 7) is 1.79. The molecule has 1 N–H and O–H groups in total. The van der Waals surface area contributed by atoms with Crippen molar-refractivity contribution in [2.24, 2.45) is 17.3 Å². The number of anilines is 1. The van der Waals surface area contributed by atoms with Gasteiger partial charge in [0, 0.05) is 12.6 Å². The smallest absolute Gasteiger partial charge is 0.296 e. The molecule has 4 rings (SSSR count). The number of carbonyl (C=O) groups excluding carboxylic acids is 1. The first kappa shape index (κ1) is 19.7. The molecule has 0 unspecified atom stereocenters. The lowest BCUT2D eigenvalue weighted by Crippen LogP contribution is -2.34. The van der Waals surface area contributed by atoms with Crippen LogP contribution in [0.3, 0.4) is 0 Å². The summed E-state index contributed by atoms with van der Waals surface area (Å²) in [5.41, 5.74) is 1.79. The summed E-state index contributed by atoms with van der Waals surface area (Å²) in [6, 6.07) is 16.0. The molecule has 2 heterocycles. The van der Waals surface area contributed by atoms with Crippen LogP contribution in [-0.2, 0) is 11.8 Å². The SMILES string of the molecule is Cc1c(N2C(=O)CSC2=N/N=C/c2ccccc2O)c(=O)n(-c2ccccc2)n1C. The molecule has 0 saturated carbocycles. The van der Waals surface area contributed by atoms with Crippen molar-refractivity contribution in [3.63, 3.8) is 0 Å². The van der Waals surface area contributed by atoms with Gasteiger partial charge in [0.2, 0.25) is 5.91 Å². The normalized spacial score (nSPS) is 15.6. The zero-order chi connectivity index (χ0) is 21.3. The van der Waals surface area contributed by atoms with Crippen LogP contribution in [0, 0.1) is 6.92 Å². The van der Waals surface area contributed by atoms with Crippen molar-refractivity contribution >= 4 is 34.7 Å². The van der Waals surface area contributed by atoms with E-state index in [1.807, 2.05) is 30.3 Å². The topological polar surface area (TPSA) is 92.2 Å². The van der Waals surface area contributed by atoms with Gasteiger partial charge in [0.1, 0.15) is 11.4 Å². The molecule has 1 aliphatic rings. The van der Waals surface area contributed by atoms with Gasteiger partial charge in [-0.05, 0) is 31.2 Å². The molecule has 1 amide bonds. The Morgan fingerprint density at radius 1 is 1.07 bits per heavy atom. The number of amides is 1. The van der Waals surface area contributed by atoms with Gasteiger partial charge < -0.3 is 5.11 Å². The highest BCUT2D eigenvalue weighted by atomic mass is 32.2. The average molecular weight is 421 g/mol. The maximum absolute atomic E-state index is 13.2. The van der Waals surface area contributed by atoms with Crippen molar-refractivity contribution in [3.8, 4) is 11.4 Å². The third-order valence-electron chi connectivity index (χ3n) is 4.79. The molecule has 9 heteroatoms. The van der Waals surface area contributed by atoms with Gasteiger partial charge in [0.05, 0.1) is 23.3 Å². The lowest BCUT2D eigenvalue weighted by molar-refractivity contribution is -0.115. The van der Waals surface area contributed by atoms with Crippen LogP contribution in [0.1, 0.15) is 11.3 Å². The van der Waals surface area contributed by atoms with Crippen molar-refractivity contribution in [1.82, 2.24) is 9.36 Å². The Kier molecular flexibility index (Phi) is 5.28. The molecular formula is C21H19N5O3S. The minimum Gasteiger partial charge on any atom is -0.507 e. The Balaban J connectivity index is 1.75. The minimum absolute atomic E-state index is 0.0816. The Morgan fingerprint density at radius 2 is 1.77 bits per heavy atom. The number of amidine groups is 1. The number of hydrogen-bond donors (Lipinski definition) is 1. The molecule has 1 saturated heterocycles. The lowest BCUT2D eigenvalue weighted by atomic mass is 10.2. The van der Waals surface area contributed by atoms with Gasteiger partial charge >= 0.3 is 0 Å². The van der Waals surface area contributed by atoms with E-state index in [-0.39, 0.29) is 28.7 Å². The first-order valence-corrected chi connectivity index (χ1v) is 10.2. The van der Waals surface area contributed by atoms with E-state index in [1.54, 1.807) is 42.9 Å². The fourth-order valence-corrected chi connectivity index (χ4v) is 4.01. The van der Waals surface area contributed by atoms with Crippen LogP contribution < -0.4 is 10.5 Å². The predicted octanol–water partition coefficient (Wildman–Crippen LogP) is 2.66. The Morgan fingerprint density at radius 3 is 2.50 bits per heavy atom. The van der Waals surface area contributed by atoms with Crippen LogP contribution in [-0.4, -0.2) is 37.5 Å². The Bertz CT molecular complexity index is 1230. The highest BCUT2D eigenvalue weighted by molar-refractivity contribution is 8.15. The van der Waals surface area contributed by atoms with Gasteiger partial charge in [-0.15, -0.1) is 5.10 Å². The standard InChI is InChI=1S/C21H19N5O3S/c1-14-19(20(29)26(24(14)2)16-9-4-3-5-10-16)25-18(28)13-30-21(25)23-22-12-15-8-6-7-11-17(15)27/h3-12,27H,13H2,1-2H3/b22-12+,23-21?. The van der Waals surface area contributed by atoms with Crippen LogP contribution in [0.15, 0.2) is 69.6 Å². The van der Waals surface area contributed by atoms with Crippen LogP contribution in [0.2, 0.25) is 0 Å². The maximum atomic E-state index is 13.2. The molecule has 30 heavy (non-hydrogen) atoms.